The quantitative estimate of drug-likeness (QED) is 0.692. The van der Waals surface area contributed by atoms with Gasteiger partial charge in [0.15, 0.2) is 0 Å². The van der Waals surface area contributed by atoms with E-state index < -0.39 is 0 Å². The highest BCUT2D eigenvalue weighted by Crippen LogP contribution is 2.63. The van der Waals surface area contributed by atoms with Crippen molar-refractivity contribution in [2.45, 2.75) is 25.7 Å². The molecule has 2 aliphatic rings. The Hall–Kier alpha value is -1.73. The van der Waals surface area contributed by atoms with Crippen LogP contribution in [-0.4, -0.2) is 7.11 Å². The van der Waals surface area contributed by atoms with E-state index in [-0.39, 0.29) is 0 Å². The normalized spacial score (nSPS) is 18.8. The number of rotatable bonds is 3. The zero-order chi connectivity index (χ0) is 15.2. The summed E-state index contributed by atoms with van der Waals surface area (Å²) >= 11 is 6.34. The first-order valence-corrected chi connectivity index (χ1v) is 8.20. The monoisotopic (exact) mass is 310 g/mol. The lowest BCUT2D eigenvalue weighted by Gasteiger charge is -2.10. The number of ether oxygens (including phenoxy) is 1. The molecule has 2 heteroatoms. The summed E-state index contributed by atoms with van der Waals surface area (Å²) in [7, 11) is 1.66. The molecule has 4 rings (SSSR count). The van der Waals surface area contributed by atoms with Gasteiger partial charge in [-0.1, -0.05) is 48.0 Å². The number of hydrogen-bond acceptors (Lipinski definition) is 1. The topological polar surface area (TPSA) is 9.23 Å². The molecule has 0 aliphatic heterocycles. The van der Waals surface area contributed by atoms with E-state index in [2.05, 4.69) is 42.5 Å². The van der Waals surface area contributed by atoms with Crippen molar-refractivity contribution in [1.82, 2.24) is 0 Å². The van der Waals surface area contributed by atoms with Gasteiger partial charge in [0.1, 0.15) is 5.75 Å². The predicted octanol–water partition coefficient (Wildman–Crippen LogP) is 5.83. The highest BCUT2D eigenvalue weighted by atomic mass is 35.5. The van der Waals surface area contributed by atoms with Crippen LogP contribution in [0.3, 0.4) is 0 Å². The standard InChI is InChI=1S/C20H19ClO/c1-22-19-8-7-15(11-18(19)21)17-13-20(9-10-20)12-16(17)14-5-3-2-4-6-14/h2-8,11H,9-10,12-13H2,1H3. The molecule has 2 aromatic rings. The molecule has 112 valence electrons. The average Bonchev–Trinajstić information content (AvgIpc) is 3.19. The van der Waals surface area contributed by atoms with Crippen molar-refractivity contribution in [2.24, 2.45) is 5.41 Å². The van der Waals surface area contributed by atoms with Crippen LogP contribution < -0.4 is 4.74 Å². The molecule has 1 spiro atoms. The molecule has 0 saturated heterocycles. The molecule has 0 aromatic heterocycles. The average molecular weight is 311 g/mol. The minimum Gasteiger partial charge on any atom is -0.495 e. The van der Waals surface area contributed by atoms with Crippen LogP contribution in [0.15, 0.2) is 48.5 Å². The first-order chi connectivity index (χ1) is 10.7. The summed E-state index contributed by atoms with van der Waals surface area (Å²) < 4.78 is 5.28. The van der Waals surface area contributed by atoms with Crippen molar-refractivity contribution in [3.05, 3.63) is 64.7 Å². The van der Waals surface area contributed by atoms with Gasteiger partial charge in [-0.2, -0.15) is 0 Å². The molecule has 0 N–H and O–H groups in total. The third kappa shape index (κ3) is 2.34. The molecule has 0 heterocycles. The van der Waals surface area contributed by atoms with Crippen LogP contribution in [0, 0.1) is 5.41 Å². The van der Waals surface area contributed by atoms with E-state index in [0.29, 0.717) is 10.4 Å². The number of benzene rings is 2. The highest BCUT2D eigenvalue weighted by Gasteiger charge is 2.48. The van der Waals surface area contributed by atoms with Gasteiger partial charge >= 0.3 is 0 Å². The van der Waals surface area contributed by atoms with Gasteiger partial charge in [0.05, 0.1) is 12.1 Å². The molecule has 1 saturated carbocycles. The SMILES string of the molecule is COc1ccc(C2=C(c3ccccc3)CC3(CC3)C2)cc1Cl. The fourth-order valence-corrected chi connectivity index (χ4v) is 3.86. The smallest absolute Gasteiger partial charge is 0.137 e. The van der Waals surface area contributed by atoms with E-state index in [1.54, 1.807) is 7.11 Å². The summed E-state index contributed by atoms with van der Waals surface area (Å²) in [5, 5.41) is 0.691. The van der Waals surface area contributed by atoms with Gasteiger partial charge in [0.2, 0.25) is 0 Å². The lowest BCUT2D eigenvalue weighted by Crippen LogP contribution is -1.92. The van der Waals surface area contributed by atoms with Gasteiger partial charge in [-0.15, -0.1) is 0 Å². The zero-order valence-corrected chi connectivity index (χ0v) is 13.5. The first kappa shape index (κ1) is 13.9. The Morgan fingerprint density at radius 3 is 2.18 bits per heavy atom. The van der Waals surface area contributed by atoms with Gasteiger partial charge < -0.3 is 4.74 Å². The van der Waals surface area contributed by atoms with Crippen molar-refractivity contribution in [3.8, 4) is 5.75 Å². The van der Waals surface area contributed by atoms with Gasteiger partial charge in [0, 0.05) is 0 Å². The number of halogens is 1. The Balaban J connectivity index is 1.80. The largest absolute Gasteiger partial charge is 0.495 e. The fourth-order valence-electron chi connectivity index (χ4n) is 3.60. The van der Waals surface area contributed by atoms with Crippen molar-refractivity contribution in [2.75, 3.05) is 7.11 Å². The Labute approximate surface area is 136 Å². The molecule has 0 unspecified atom stereocenters. The molecule has 22 heavy (non-hydrogen) atoms. The Bertz CT molecular complexity index is 742. The van der Waals surface area contributed by atoms with E-state index in [0.717, 1.165) is 5.75 Å². The van der Waals surface area contributed by atoms with Crippen molar-refractivity contribution in [3.63, 3.8) is 0 Å². The van der Waals surface area contributed by atoms with Crippen LogP contribution in [0.5, 0.6) is 5.75 Å². The van der Waals surface area contributed by atoms with Crippen LogP contribution in [0.4, 0.5) is 0 Å². The Morgan fingerprint density at radius 1 is 0.909 bits per heavy atom. The third-order valence-electron chi connectivity index (χ3n) is 5.05. The van der Waals surface area contributed by atoms with Crippen LogP contribution in [0.25, 0.3) is 11.1 Å². The first-order valence-electron chi connectivity index (χ1n) is 7.82. The van der Waals surface area contributed by atoms with E-state index >= 15 is 0 Å². The highest BCUT2D eigenvalue weighted by molar-refractivity contribution is 6.32. The number of hydrogen-bond donors (Lipinski definition) is 0. The molecule has 0 radical (unpaired) electrons. The van der Waals surface area contributed by atoms with Gasteiger partial charge in [-0.05, 0) is 65.5 Å². The van der Waals surface area contributed by atoms with Gasteiger partial charge in [0.25, 0.3) is 0 Å². The molecule has 0 atom stereocenters. The zero-order valence-electron chi connectivity index (χ0n) is 12.7. The molecule has 2 aromatic carbocycles. The van der Waals surface area contributed by atoms with Crippen LogP contribution in [-0.2, 0) is 0 Å². The van der Waals surface area contributed by atoms with E-state index in [9.17, 15) is 0 Å². The van der Waals surface area contributed by atoms with Crippen LogP contribution >= 0.6 is 11.6 Å². The van der Waals surface area contributed by atoms with Crippen LogP contribution in [0.2, 0.25) is 5.02 Å². The second-order valence-electron chi connectivity index (χ2n) is 6.53. The molecular formula is C20H19ClO. The number of allylic oxidation sites excluding steroid dienone is 2. The maximum absolute atomic E-state index is 6.34. The maximum atomic E-state index is 6.34. The summed E-state index contributed by atoms with van der Waals surface area (Å²) in [5.41, 5.74) is 6.10. The Kier molecular flexibility index (Phi) is 3.27. The fraction of sp³-hybridized carbons (Fsp3) is 0.300. The molecule has 1 fully saturated rings. The second kappa shape index (κ2) is 5.17. The van der Waals surface area contributed by atoms with Crippen molar-refractivity contribution < 1.29 is 4.74 Å². The van der Waals surface area contributed by atoms with Crippen LogP contribution in [0.1, 0.15) is 36.8 Å². The second-order valence-corrected chi connectivity index (χ2v) is 6.93. The molecule has 1 nitrogen and oxygen atoms in total. The Morgan fingerprint density at radius 2 is 1.59 bits per heavy atom. The van der Waals surface area contributed by atoms with E-state index in [1.165, 1.54) is 48.0 Å². The molecule has 0 bridgehead atoms. The minimum atomic E-state index is 0.535. The summed E-state index contributed by atoms with van der Waals surface area (Å²) in [6.45, 7) is 0. The van der Waals surface area contributed by atoms with E-state index in [4.69, 9.17) is 16.3 Å². The van der Waals surface area contributed by atoms with Crippen molar-refractivity contribution >= 4 is 22.7 Å². The van der Waals surface area contributed by atoms with Crippen molar-refractivity contribution in [1.29, 1.82) is 0 Å². The molecular weight excluding hydrogens is 292 g/mol. The molecule has 2 aliphatic carbocycles. The summed E-state index contributed by atoms with van der Waals surface area (Å²) in [4.78, 5) is 0. The predicted molar refractivity (Wildman–Crippen MR) is 92.2 cm³/mol. The summed E-state index contributed by atoms with van der Waals surface area (Å²) in [6.07, 6.45) is 5.10. The maximum Gasteiger partial charge on any atom is 0.137 e. The van der Waals surface area contributed by atoms with E-state index in [1.807, 2.05) is 6.07 Å². The third-order valence-corrected chi connectivity index (χ3v) is 5.34. The minimum absolute atomic E-state index is 0.535. The summed E-state index contributed by atoms with van der Waals surface area (Å²) in [5.74, 6) is 0.742. The van der Waals surface area contributed by atoms with Gasteiger partial charge in [-0.25, -0.2) is 0 Å². The lowest BCUT2D eigenvalue weighted by molar-refractivity contribution is 0.415. The molecule has 0 amide bonds. The lowest BCUT2D eigenvalue weighted by atomic mass is 9.97. The number of methoxy groups -OCH3 is 1. The summed E-state index contributed by atoms with van der Waals surface area (Å²) in [6, 6.07) is 17.0. The van der Waals surface area contributed by atoms with Gasteiger partial charge in [-0.3, -0.25) is 0 Å².